The number of benzene rings is 2. The molecule has 1 aliphatic rings. The summed E-state index contributed by atoms with van der Waals surface area (Å²) < 4.78 is 5.41. The Morgan fingerprint density at radius 2 is 2.17 bits per heavy atom. The molecule has 0 fully saturated rings. The molecule has 2 atom stereocenters. The predicted octanol–water partition coefficient (Wildman–Crippen LogP) is 3.28. The number of aromatic nitrogens is 2. The highest BCUT2D eigenvalue weighted by Crippen LogP contribution is 2.38. The number of hydrogen-bond acceptors (Lipinski definition) is 4. The molecule has 2 heterocycles. The van der Waals surface area contributed by atoms with Gasteiger partial charge >= 0.3 is 0 Å². The average molecular weight is 390 g/mol. The fraction of sp³-hybridized carbons (Fsp3) is 0.304. The minimum Gasteiger partial charge on any atom is -0.496 e. The normalized spacial score (nSPS) is 21.0. The SMILES string of the molecule is COc1cccc(CNC(=O)C2(c3ccc4[nH]ncc4c3)C=CN(C)C2C)c1C. The molecule has 2 N–H and O–H groups in total. The van der Waals surface area contributed by atoms with Crippen molar-refractivity contribution < 1.29 is 9.53 Å². The molecule has 6 heteroatoms. The fourth-order valence-electron chi connectivity index (χ4n) is 4.15. The van der Waals surface area contributed by atoms with Crippen LogP contribution in [0, 0.1) is 6.92 Å². The van der Waals surface area contributed by atoms with E-state index in [1.807, 2.05) is 56.6 Å². The van der Waals surface area contributed by atoms with Gasteiger partial charge < -0.3 is 15.0 Å². The first-order valence-electron chi connectivity index (χ1n) is 9.73. The van der Waals surface area contributed by atoms with E-state index in [1.54, 1.807) is 13.3 Å². The molecule has 0 bridgehead atoms. The van der Waals surface area contributed by atoms with Crippen LogP contribution in [0.3, 0.4) is 0 Å². The van der Waals surface area contributed by atoms with E-state index in [4.69, 9.17) is 4.74 Å². The maximum atomic E-state index is 13.6. The van der Waals surface area contributed by atoms with Gasteiger partial charge in [-0.1, -0.05) is 18.2 Å². The van der Waals surface area contributed by atoms with Crippen molar-refractivity contribution in [3.8, 4) is 5.75 Å². The smallest absolute Gasteiger partial charge is 0.236 e. The Morgan fingerprint density at radius 3 is 2.90 bits per heavy atom. The molecule has 0 aliphatic carbocycles. The summed E-state index contributed by atoms with van der Waals surface area (Å²) in [5.74, 6) is 0.807. The van der Waals surface area contributed by atoms with E-state index in [2.05, 4.69) is 33.4 Å². The van der Waals surface area contributed by atoms with Crippen LogP contribution in [-0.4, -0.2) is 41.2 Å². The number of fused-ring (bicyclic) bond motifs is 1. The number of carbonyl (C=O) groups is 1. The first-order valence-corrected chi connectivity index (χ1v) is 9.73. The van der Waals surface area contributed by atoms with Gasteiger partial charge in [0, 0.05) is 25.0 Å². The Bertz CT molecular complexity index is 1090. The lowest BCUT2D eigenvalue weighted by atomic mass is 9.74. The lowest BCUT2D eigenvalue weighted by molar-refractivity contribution is -0.126. The molecule has 4 rings (SSSR count). The lowest BCUT2D eigenvalue weighted by Gasteiger charge is -2.35. The molecule has 0 spiro atoms. The molecule has 3 aromatic rings. The number of likely N-dealkylation sites (N-methyl/N-ethyl adjacent to an activating group) is 1. The zero-order valence-electron chi connectivity index (χ0n) is 17.2. The van der Waals surface area contributed by atoms with Gasteiger partial charge in [-0.3, -0.25) is 9.89 Å². The minimum absolute atomic E-state index is 0.0155. The molecule has 0 saturated heterocycles. The number of hydrogen-bond donors (Lipinski definition) is 2. The summed E-state index contributed by atoms with van der Waals surface area (Å²) in [6.07, 6.45) is 5.78. The molecular formula is C23H26N4O2. The Kier molecular flexibility index (Phi) is 4.78. The lowest BCUT2D eigenvalue weighted by Crippen LogP contribution is -2.51. The second-order valence-corrected chi connectivity index (χ2v) is 7.63. The summed E-state index contributed by atoms with van der Waals surface area (Å²) in [4.78, 5) is 15.7. The third kappa shape index (κ3) is 3.05. The second kappa shape index (κ2) is 7.28. The van der Waals surface area contributed by atoms with Gasteiger partial charge in [0.15, 0.2) is 0 Å². The van der Waals surface area contributed by atoms with E-state index in [1.165, 1.54) is 0 Å². The largest absolute Gasteiger partial charge is 0.496 e. The number of rotatable bonds is 5. The van der Waals surface area contributed by atoms with Crippen molar-refractivity contribution in [1.29, 1.82) is 0 Å². The van der Waals surface area contributed by atoms with Gasteiger partial charge in [0.1, 0.15) is 11.2 Å². The van der Waals surface area contributed by atoms with Crippen molar-refractivity contribution in [3.05, 3.63) is 71.6 Å². The van der Waals surface area contributed by atoms with E-state index in [-0.39, 0.29) is 11.9 Å². The van der Waals surface area contributed by atoms with Crippen LogP contribution in [0.25, 0.3) is 10.9 Å². The maximum absolute atomic E-state index is 13.6. The van der Waals surface area contributed by atoms with E-state index in [9.17, 15) is 4.79 Å². The molecule has 29 heavy (non-hydrogen) atoms. The molecule has 2 aromatic carbocycles. The van der Waals surface area contributed by atoms with Gasteiger partial charge in [-0.25, -0.2) is 0 Å². The number of amides is 1. The number of methoxy groups -OCH3 is 1. The molecule has 1 aliphatic heterocycles. The van der Waals surface area contributed by atoms with Gasteiger partial charge in [-0.2, -0.15) is 5.10 Å². The molecule has 6 nitrogen and oxygen atoms in total. The molecule has 1 aromatic heterocycles. The van der Waals surface area contributed by atoms with Gasteiger partial charge in [-0.05, 0) is 61.0 Å². The fourth-order valence-corrected chi connectivity index (χ4v) is 4.15. The van der Waals surface area contributed by atoms with Crippen molar-refractivity contribution in [3.63, 3.8) is 0 Å². The third-order valence-corrected chi connectivity index (χ3v) is 6.19. The summed E-state index contributed by atoms with van der Waals surface area (Å²) in [7, 11) is 3.66. The van der Waals surface area contributed by atoms with E-state index in [0.717, 1.165) is 33.3 Å². The zero-order valence-corrected chi connectivity index (χ0v) is 17.2. The summed E-state index contributed by atoms with van der Waals surface area (Å²) in [5, 5.41) is 11.2. The number of ether oxygens (including phenoxy) is 1. The van der Waals surface area contributed by atoms with E-state index >= 15 is 0 Å². The standard InChI is InChI=1S/C23H26N4O2/c1-15-17(6-5-7-21(15)29-4)13-24-22(28)23(10-11-27(3)16(23)2)19-8-9-20-18(12-19)14-25-26-20/h5-12,14,16H,13H2,1-4H3,(H,24,28)(H,25,26). The second-order valence-electron chi connectivity index (χ2n) is 7.63. The quantitative estimate of drug-likeness (QED) is 0.701. The van der Waals surface area contributed by atoms with Crippen LogP contribution in [0.5, 0.6) is 5.75 Å². The van der Waals surface area contributed by atoms with E-state index < -0.39 is 5.41 Å². The Balaban J connectivity index is 1.67. The van der Waals surface area contributed by atoms with Gasteiger partial charge in [0.25, 0.3) is 0 Å². The van der Waals surface area contributed by atoms with Crippen LogP contribution in [0.1, 0.15) is 23.6 Å². The van der Waals surface area contributed by atoms with Crippen LogP contribution in [0.2, 0.25) is 0 Å². The van der Waals surface area contributed by atoms with Crippen LogP contribution < -0.4 is 10.1 Å². The van der Waals surface area contributed by atoms with Crippen molar-refractivity contribution >= 4 is 16.8 Å². The molecule has 2 unspecified atom stereocenters. The molecule has 1 amide bonds. The van der Waals surface area contributed by atoms with Crippen LogP contribution in [0.4, 0.5) is 0 Å². The van der Waals surface area contributed by atoms with Gasteiger partial charge in [-0.15, -0.1) is 0 Å². The van der Waals surface area contributed by atoms with E-state index in [0.29, 0.717) is 6.54 Å². The van der Waals surface area contributed by atoms with Crippen LogP contribution in [-0.2, 0) is 16.8 Å². The van der Waals surface area contributed by atoms with Crippen molar-refractivity contribution in [2.75, 3.05) is 14.2 Å². The van der Waals surface area contributed by atoms with Gasteiger partial charge in [0.2, 0.25) is 5.91 Å². The highest BCUT2D eigenvalue weighted by molar-refractivity contribution is 5.93. The summed E-state index contributed by atoms with van der Waals surface area (Å²) in [6, 6.07) is 11.9. The number of nitrogens with zero attached hydrogens (tertiary/aromatic N) is 2. The topological polar surface area (TPSA) is 70.2 Å². The number of H-pyrrole nitrogens is 1. The Labute approximate surface area is 170 Å². The molecule has 0 saturated carbocycles. The average Bonchev–Trinajstić information content (AvgIpc) is 3.32. The van der Waals surface area contributed by atoms with Crippen LogP contribution >= 0.6 is 0 Å². The van der Waals surface area contributed by atoms with Crippen molar-refractivity contribution in [1.82, 2.24) is 20.4 Å². The summed E-state index contributed by atoms with van der Waals surface area (Å²) >= 11 is 0. The van der Waals surface area contributed by atoms with Crippen molar-refractivity contribution in [2.45, 2.75) is 31.8 Å². The number of carbonyl (C=O) groups excluding carboxylic acids is 1. The molecular weight excluding hydrogens is 364 g/mol. The Hall–Kier alpha value is -3.28. The molecule has 0 radical (unpaired) electrons. The highest BCUT2D eigenvalue weighted by Gasteiger charge is 2.47. The third-order valence-electron chi connectivity index (χ3n) is 6.19. The van der Waals surface area contributed by atoms with Crippen LogP contribution in [0.15, 0.2) is 54.9 Å². The van der Waals surface area contributed by atoms with Crippen molar-refractivity contribution in [2.24, 2.45) is 0 Å². The van der Waals surface area contributed by atoms with Gasteiger partial charge in [0.05, 0.1) is 18.8 Å². The number of aromatic amines is 1. The zero-order chi connectivity index (χ0) is 20.6. The first kappa shape index (κ1) is 19.1. The highest BCUT2D eigenvalue weighted by atomic mass is 16.5. The minimum atomic E-state index is -0.771. The molecule has 150 valence electrons. The summed E-state index contributed by atoms with van der Waals surface area (Å²) in [6.45, 7) is 4.53. The predicted molar refractivity (Wildman–Crippen MR) is 114 cm³/mol. The maximum Gasteiger partial charge on any atom is 0.236 e. The Morgan fingerprint density at radius 1 is 1.34 bits per heavy atom. The first-order chi connectivity index (χ1) is 14.0. The number of nitrogens with one attached hydrogen (secondary N) is 2. The monoisotopic (exact) mass is 390 g/mol. The summed E-state index contributed by atoms with van der Waals surface area (Å²) in [5.41, 5.74) is 3.23.